The van der Waals surface area contributed by atoms with E-state index in [2.05, 4.69) is 10.6 Å². The Morgan fingerprint density at radius 1 is 1.13 bits per heavy atom. The number of ether oxygens (including phenoxy) is 3. The van der Waals surface area contributed by atoms with Gasteiger partial charge >= 0.3 is 12.0 Å². The monoisotopic (exact) mass is 324 g/mol. The van der Waals surface area contributed by atoms with E-state index in [1.807, 2.05) is 0 Å². The number of rotatable bonds is 4. The zero-order chi connectivity index (χ0) is 17.6. The van der Waals surface area contributed by atoms with Crippen molar-refractivity contribution in [2.24, 2.45) is 0 Å². The first-order valence-electron chi connectivity index (χ1n) is 6.56. The van der Waals surface area contributed by atoms with Gasteiger partial charge in [0.2, 0.25) is 0 Å². The van der Waals surface area contributed by atoms with E-state index in [4.69, 9.17) is 19.6 Å². The minimum Gasteiger partial charge on any atom is -0.494 e. The minimum atomic E-state index is -0.638. The number of hydrogen-bond acceptors (Lipinski definition) is 6. The molecule has 126 valence electrons. The summed E-state index contributed by atoms with van der Waals surface area (Å²) < 4.78 is 15.4. The van der Waals surface area contributed by atoms with Gasteiger partial charge in [0.25, 0.3) is 0 Å². The van der Waals surface area contributed by atoms with Crippen LogP contribution < -0.4 is 24.8 Å². The predicted molar refractivity (Wildman–Crippen MR) is 84.4 cm³/mol. The standard InChI is InChI=1S/C14H20N4O5/c1-8(19)23-9-6-10(21-4)12(11(7-9)22-5)16-14(20)17-13(15)18(2)3/h6-7H,1-5H3,(H3,15,16,17,20). The number of carbonyl (C=O) groups excluding carboxylic acids is 2. The van der Waals surface area contributed by atoms with Crippen molar-refractivity contribution in [2.75, 3.05) is 33.6 Å². The van der Waals surface area contributed by atoms with Gasteiger partial charge in [-0.2, -0.15) is 0 Å². The van der Waals surface area contributed by atoms with Gasteiger partial charge in [0, 0.05) is 33.2 Å². The third kappa shape index (κ3) is 5.06. The Labute approximate surface area is 134 Å². The maximum absolute atomic E-state index is 11.9. The van der Waals surface area contributed by atoms with Crippen LogP contribution in [0.1, 0.15) is 6.92 Å². The van der Waals surface area contributed by atoms with Gasteiger partial charge < -0.3 is 24.4 Å². The third-order valence-electron chi connectivity index (χ3n) is 2.66. The van der Waals surface area contributed by atoms with Crippen LogP contribution in [-0.2, 0) is 4.79 Å². The van der Waals surface area contributed by atoms with Crippen molar-refractivity contribution in [2.45, 2.75) is 6.92 Å². The summed E-state index contributed by atoms with van der Waals surface area (Å²) in [6, 6.07) is 2.24. The van der Waals surface area contributed by atoms with E-state index >= 15 is 0 Å². The third-order valence-corrected chi connectivity index (χ3v) is 2.66. The van der Waals surface area contributed by atoms with Crippen LogP contribution in [0, 0.1) is 5.41 Å². The Morgan fingerprint density at radius 2 is 1.65 bits per heavy atom. The largest absolute Gasteiger partial charge is 0.494 e. The molecule has 0 saturated heterocycles. The number of amides is 2. The highest BCUT2D eigenvalue weighted by Gasteiger charge is 2.17. The average molecular weight is 324 g/mol. The van der Waals surface area contributed by atoms with Crippen molar-refractivity contribution in [1.82, 2.24) is 10.2 Å². The number of guanidine groups is 1. The highest BCUT2D eigenvalue weighted by atomic mass is 16.5. The van der Waals surface area contributed by atoms with E-state index < -0.39 is 12.0 Å². The number of urea groups is 1. The molecule has 0 saturated carbocycles. The van der Waals surface area contributed by atoms with Crippen molar-refractivity contribution in [3.8, 4) is 17.2 Å². The van der Waals surface area contributed by atoms with Crippen LogP contribution in [0.25, 0.3) is 0 Å². The van der Waals surface area contributed by atoms with Gasteiger partial charge in [-0.05, 0) is 0 Å². The first-order valence-corrected chi connectivity index (χ1v) is 6.56. The molecule has 1 aromatic rings. The smallest absolute Gasteiger partial charge is 0.326 e. The van der Waals surface area contributed by atoms with Gasteiger partial charge in [0.1, 0.15) is 22.9 Å². The molecule has 0 unspecified atom stereocenters. The molecule has 23 heavy (non-hydrogen) atoms. The van der Waals surface area contributed by atoms with Crippen molar-refractivity contribution in [3.05, 3.63) is 12.1 Å². The predicted octanol–water partition coefficient (Wildman–Crippen LogP) is 1.25. The number of hydrogen-bond donors (Lipinski definition) is 3. The van der Waals surface area contributed by atoms with Crippen molar-refractivity contribution in [1.29, 1.82) is 5.41 Å². The quantitative estimate of drug-likeness (QED) is 0.332. The molecular formula is C14H20N4O5. The number of esters is 1. The van der Waals surface area contributed by atoms with Gasteiger partial charge in [0.15, 0.2) is 5.96 Å². The minimum absolute atomic E-state index is 0.0861. The van der Waals surface area contributed by atoms with Gasteiger partial charge in [-0.15, -0.1) is 0 Å². The molecule has 0 aliphatic heterocycles. The maximum atomic E-state index is 11.9. The van der Waals surface area contributed by atoms with Crippen molar-refractivity contribution >= 4 is 23.6 Å². The highest BCUT2D eigenvalue weighted by molar-refractivity contribution is 6.02. The molecule has 0 aromatic heterocycles. The van der Waals surface area contributed by atoms with Gasteiger partial charge in [-0.3, -0.25) is 15.5 Å². The number of carbonyl (C=O) groups is 2. The highest BCUT2D eigenvalue weighted by Crippen LogP contribution is 2.38. The molecule has 0 radical (unpaired) electrons. The molecule has 2 amide bonds. The van der Waals surface area contributed by atoms with Crippen molar-refractivity contribution < 1.29 is 23.8 Å². The zero-order valence-electron chi connectivity index (χ0n) is 13.6. The fourth-order valence-corrected chi connectivity index (χ4v) is 1.60. The molecule has 0 aliphatic carbocycles. The maximum Gasteiger partial charge on any atom is 0.326 e. The molecule has 0 fully saturated rings. The zero-order valence-corrected chi connectivity index (χ0v) is 13.6. The first-order chi connectivity index (χ1) is 10.8. The summed E-state index contributed by atoms with van der Waals surface area (Å²) in [6.07, 6.45) is 0. The van der Waals surface area contributed by atoms with E-state index in [0.29, 0.717) is 0 Å². The molecule has 0 heterocycles. The van der Waals surface area contributed by atoms with Crippen LogP contribution in [-0.4, -0.2) is 51.2 Å². The first kappa shape index (κ1) is 18.1. The number of nitrogens with one attached hydrogen (secondary N) is 3. The Balaban J connectivity index is 3.07. The molecule has 1 aromatic carbocycles. The van der Waals surface area contributed by atoms with E-state index in [1.54, 1.807) is 14.1 Å². The molecule has 1 rings (SSSR count). The Morgan fingerprint density at radius 3 is 2.04 bits per heavy atom. The van der Waals surface area contributed by atoms with Crippen LogP contribution in [0.3, 0.4) is 0 Å². The summed E-state index contributed by atoms with van der Waals surface area (Å²) in [4.78, 5) is 24.4. The van der Waals surface area contributed by atoms with Gasteiger partial charge in [0.05, 0.1) is 14.2 Å². The second-order valence-corrected chi connectivity index (χ2v) is 4.62. The summed E-state index contributed by atoms with van der Waals surface area (Å²) in [7, 11) is 6.05. The lowest BCUT2D eigenvalue weighted by Crippen LogP contribution is -2.41. The fourth-order valence-electron chi connectivity index (χ4n) is 1.60. The van der Waals surface area contributed by atoms with E-state index in [1.165, 1.54) is 38.2 Å². The second-order valence-electron chi connectivity index (χ2n) is 4.62. The Hall–Kier alpha value is -2.97. The lowest BCUT2D eigenvalue weighted by atomic mass is 10.2. The van der Waals surface area contributed by atoms with Crippen molar-refractivity contribution in [3.63, 3.8) is 0 Å². The number of benzene rings is 1. The summed E-state index contributed by atoms with van der Waals surface area (Å²) in [5.41, 5.74) is 0.245. The normalized spacial score (nSPS) is 9.61. The van der Waals surface area contributed by atoms with Gasteiger partial charge in [-0.1, -0.05) is 0 Å². The SMILES string of the molecule is COc1cc(OC(C)=O)cc(OC)c1NC(=O)NC(=N)N(C)C. The average Bonchev–Trinajstić information content (AvgIpc) is 2.47. The molecule has 0 bridgehead atoms. The number of nitrogens with zero attached hydrogens (tertiary/aromatic N) is 1. The molecule has 0 aliphatic rings. The number of methoxy groups -OCH3 is 2. The summed E-state index contributed by atoms with van der Waals surface area (Å²) in [5.74, 6) is 0.126. The molecule has 0 spiro atoms. The van der Waals surface area contributed by atoms with Crippen LogP contribution in [0.2, 0.25) is 0 Å². The van der Waals surface area contributed by atoms with Gasteiger partial charge in [-0.25, -0.2) is 4.79 Å². The van der Waals surface area contributed by atoms with Crippen LogP contribution in [0.4, 0.5) is 10.5 Å². The van der Waals surface area contributed by atoms with E-state index in [0.717, 1.165) is 0 Å². The fraction of sp³-hybridized carbons (Fsp3) is 0.357. The van der Waals surface area contributed by atoms with Crippen LogP contribution >= 0.6 is 0 Å². The topological polar surface area (TPSA) is 113 Å². The molecule has 9 heteroatoms. The Bertz CT molecular complexity index is 590. The second kappa shape index (κ2) is 7.87. The number of anilines is 1. The van der Waals surface area contributed by atoms with Crippen LogP contribution in [0.15, 0.2) is 12.1 Å². The summed E-state index contributed by atoms with van der Waals surface area (Å²) in [5, 5.41) is 12.5. The summed E-state index contributed by atoms with van der Waals surface area (Å²) in [6.45, 7) is 1.27. The lowest BCUT2D eigenvalue weighted by molar-refractivity contribution is -0.131. The van der Waals surface area contributed by atoms with E-state index in [9.17, 15) is 9.59 Å². The molecule has 3 N–H and O–H groups in total. The molecule has 9 nitrogen and oxygen atoms in total. The molecular weight excluding hydrogens is 304 g/mol. The lowest BCUT2D eigenvalue weighted by Gasteiger charge is -2.18. The molecule has 0 atom stereocenters. The summed E-state index contributed by atoms with van der Waals surface area (Å²) >= 11 is 0. The van der Waals surface area contributed by atoms with Crippen LogP contribution in [0.5, 0.6) is 17.2 Å². The Kier molecular flexibility index (Phi) is 6.19. The van der Waals surface area contributed by atoms with E-state index in [-0.39, 0.29) is 28.9 Å².